The number of ketones is 1. The molecule has 0 aromatic carbocycles. The van der Waals surface area contributed by atoms with Gasteiger partial charge in [-0.3, -0.25) is 4.79 Å². The molecule has 1 heterocycles. The van der Waals surface area contributed by atoms with Crippen molar-refractivity contribution in [2.24, 2.45) is 0 Å². The highest BCUT2D eigenvalue weighted by Crippen LogP contribution is 2.21. The fourth-order valence-corrected chi connectivity index (χ4v) is 1.28. The molecule has 64 valence electrons. The number of carboxylic acid groups (broad SMARTS) is 1. The predicted molar refractivity (Wildman–Crippen MR) is 43.4 cm³/mol. The van der Waals surface area contributed by atoms with Crippen LogP contribution in [0.3, 0.4) is 0 Å². The summed E-state index contributed by atoms with van der Waals surface area (Å²) in [6.07, 6.45) is 0. The van der Waals surface area contributed by atoms with E-state index in [2.05, 4.69) is 15.9 Å². The summed E-state index contributed by atoms with van der Waals surface area (Å²) in [6, 6.07) is 1.25. The Hall–Kier alpha value is -1.10. The molecule has 0 aliphatic heterocycles. The fraction of sp³-hybridized carbons (Fsp3) is 0.143. The molecule has 0 radical (unpaired) electrons. The maximum Gasteiger partial charge on any atom is 0.371 e. The number of carbonyl (C=O) groups is 2. The van der Waals surface area contributed by atoms with Crippen molar-refractivity contribution >= 4 is 27.7 Å². The smallest absolute Gasteiger partial charge is 0.371 e. The van der Waals surface area contributed by atoms with Crippen molar-refractivity contribution in [1.29, 1.82) is 0 Å². The molecule has 5 heteroatoms. The summed E-state index contributed by atoms with van der Waals surface area (Å²) >= 11 is 3.01. The summed E-state index contributed by atoms with van der Waals surface area (Å²) in [5, 5.41) is 8.48. The molecule has 1 N–H and O–H groups in total. The normalized spacial score (nSPS) is 9.83. The second kappa shape index (κ2) is 3.10. The van der Waals surface area contributed by atoms with E-state index in [1.165, 1.54) is 13.0 Å². The summed E-state index contributed by atoms with van der Waals surface area (Å²) in [6.45, 7) is 1.30. The van der Waals surface area contributed by atoms with Gasteiger partial charge in [0, 0.05) is 13.0 Å². The number of furan rings is 1. The van der Waals surface area contributed by atoms with Crippen LogP contribution >= 0.6 is 15.9 Å². The molecule has 1 rings (SSSR count). The van der Waals surface area contributed by atoms with Gasteiger partial charge < -0.3 is 9.52 Å². The second-order valence-electron chi connectivity index (χ2n) is 2.15. The standard InChI is InChI=1S/C7H5BrO4/c1-3(9)6-4(8)2-5(12-6)7(10)11/h2H,1H3,(H,10,11). The van der Waals surface area contributed by atoms with Crippen molar-refractivity contribution < 1.29 is 19.1 Å². The number of hydrogen-bond donors (Lipinski definition) is 1. The largest absolute Gasteiger partial charge is 0.475 e. The molecule has 0 fully saturated rings. The minimum Gasteiger partial charge on any atom is -0.475 e. The molecule has 0 unspecified atom stereocenters. The molecule has 0 atom stereocenters. The zero-order valence-corrected chi connectivity index (χ0v) is 7.71. The number of aromatic carboxylic acids is 1. The fourth-order valence-electron chi connectivity index (χ4n) is 0.714. The van der Waals surface area contributed by atoms with Crippen molar-refractivity contribution in [2.75, 3.05) is 0 Å². The van der Waals surface area contributed by atoms with Gasteiger partial charge in [0.2, 0.25) is 5.76 Å². The Balaban J connectivity index is 3.17. The third-order valence-electron chi connectivity index (χ3n) is 1.22. The summed E-state index contributed by atoms with van der Waals surface area (Å²) in [4.78, 5) is 21.1. The first-order valence-corrected chi connectivity index (χ1v) is 3.85. The van der Waals surface area contributed by atoms with E-state index >= 15 is 0 Å². The maximum absolute atomic E-state index is 10.8. The van der Waals surface area contributed by atoms with Crippen LogP contribution in [0.5, 0.6) is 0 Å². The van der Waals surface area contributed by atoms with E-state index < -0.39 is 5.97 Å². The van der Waals surface area contributed by atoms with Gasteiger partial charge in [0.25, 0.3) is 0 Å². The van der Waals surface area contributed by atoms with Crippen molar-refractivity contribution in [2.45, 2.75) is 6.92 Å². The van der Waals surface area contributed by atoms with Crippen LogP contribution in [-0.4, -0.2) is 16.9 Å². The number of hydrogen-bond acceptors (Lipinski definition) is 3. The first kappa shape index (κ1) is 8.99. The van der Waals surface area contributed by atoms with Crippen LogP contribution in [0.2, 0.25) is 0 Å². The average molecular weight is 233 g/mol. The molecule has 0 spiro atoms. The van der Waals surface area contributed by atoms with Crippen LogP contribution in [0.4, 0.5) is 0 Å². The lowest BCUT2D eigenvalue weighted by atomic mass is 10.3. The minimum absolute atomic E-state index is 0.0346. The molecule has 0 bridgehead atoms. The number of carbonyl (C=O) groups excluding carboxylic acids is 1. The highest BCUT2D eigenvalue weighted by molar-refractivity contribution is 9.10. The lowest BCUT2D eigenvalue weighted by molar-refractivity contribution is 0.0660. The molecule has 12 heavy (non-hydrogen) atoms. The van der Waals surface area contributed by atoms with Crippen LogP contribution in [0.25, 0.3) is 0 Å². The van der Waals surface area contributed by atoms with Crippen LogP contribution in [0.15, 0.2) is 15.0 Å². The Morgan fingerprint density at radius 3 is 2.42 bits per heavy atom. The van der Waals surface area contributed by atoms with E-state index in [1.807, 2.05) is 0 Å². The zero-order chi connectivity index (χ0) is 9.30. The van der Waals surface area contributed by atoms with Gasteiger partial charge in [0.1, 0.15) is 0 Å². The number of halogens is 1. The number of Topliss-reactive ketones (excluding diaryl/α,β-unsaturated/α-hetero) is 1. The van der Waals surface area contributed by atoms with E-state index in [-0.39, 0.29) is 17.3 Å². The van der Waals surface area contributed by atoms with Gasteiger partial charge in [0.15, 0.2) is 11.5 Å². The highest BCUT2D eigenvalue weighted by atomic mass is 79.9. The monoisotopic (exact) mass is 232 g/mol. The Morgan fingerprint density at radius 2 is 2.17 bits per heavy atom. The van der Waals surface area contributed by atoms with E-state index in [9.17, 15) is 9.59 Å². The summed E-state index contributed by atoms with van der Waals surface area (Å²) in [5.74, 6) is -1.71. The topological polar surface area (TPSA) is 67.5 Å². The summed E-state index contributed by atoms with van der Waals surface area (Å²) in [5.41, 5.74) is 0. The van der Waals surface area contributed by atoms with Gasteiger partial charge in [-0.15, -0.1) is 0 Å². The SMILES string of the molecule is CC(=O)c1oc(C(=O)O)cc1Br. The summed E-state index contributed by atoms with van der Waals surface area (Å²) < 4.78 is 5.11. The van der Waals surface area contributed by atoms with Gasteiger partial charge >= 0.3 is 5.97 Å². The molecule has 0 aliphatic carbocycles. The average Bonchev–Trinajstić information content (AvgIpc) is 2.30. The van der Waals surface area contributed by atoms with Gasteiger partial charge in [-0.1, -0.05) is 0 Å². The van der Waals surface area contributed by atoms with E-state index in [0.717, 1.165) is 0 Å². The highest BCUT2D eigenvalue weighted by Gasteiger charge is 2.16. The summed E-state index contributed by atoms with van der Waals surface area (Å²) in [7, 11) is 0. The lowest BCUT2D eigenvalue weighted by Gasteiger charge is -1.87. The Kier molecular flexibility index (Phi) is 2.32. The van der Waals surface area contributed by atoms with E-state index in [1.54, 1.807) is 0 Å². The van der Waals surface area contributed by atoms with Crippen molar-refractivity contribution in [3.63, 3.8) is 0 Å². The third kappa shape index (κ3) is 1.55. The second-order valence-corrected chi connectivity index (χ2v) is 3.00. The predicted octanol–water partition coefficient (Wildman–Crippen LogP) is 1.94. The third-order valence-corrected chi connectivity index (χ3v) is 1.81. The molecule has 4 nitrogen and oxygen atoms in total. The quantitative estimate of drug-likeness (QED) is 0.792. The Labute approximate surface area is 76.3 Å². The molecule has 1 aromatic heterocycles. The molecule has 0 aliphatic rings. The molecule has 0 saturated heterocycles. The maximum atomic E-state index is 10.8. The number of carboxylic acids is 1. The van der Waals surface area contributed by atoms with Gasteiger partial charge in [-0.2, -0.15) is 0 Å². The number of rotatable bonds is 2. The molecule has 1 aromatic rings. The Morgan fingerprint density at radius 1 is 1.58 bits per heavy atom. The van der Waals surface area contributed by atoms with Gasteiger partial charge in [-0.25, -0.2) is 4.79 Å². The zero-order valence-electron chi connectivity index (χ0n) is 6.13. The van der Waals surface area contributed by atoms with E-state index in [0.29, 0.717) is 4.47 Å². The van der Waals surface area contributed by atoms with Crippen LogP contribution in [-0.2, 0) is 0 Å². The van der Waals surface area contributed by atoms with Crippen molar-refractivity contribution in [1.82, 2.24) is 0 Å². The van der Waals surface area contributed by atoms with Crippen LogP contribution in [0.1, 0.15) is 28.0 Å². The minimum atomic E-state index is -1.19. The van der Waals surface area contributed by atoms with E-state index in [4.69, 9.17) is 9.52 Å². The molecule has 0 amide bonds. The van der Waals surface area contributed by atoms with Crippen molar-refractivity contribution in [3.8, 4) is 0 Å². The van der Waals surface area contributed by atoms with Gasteiger partial charge in [-0.05, 0) is 15.9 Å². The molecular weight excluding hydrogens is 228 g/mol. The van der Waals surface area contributed by atoms with Crippen molar-refractivity contribution in [3.05, 3.63) is 22.1 Å². The van der Waals surface area contributed by atoms with Gasteiger partial charge in [0.05, 0.1) is 4.47 Å². The Bertz CT molecular complexity index is 339. The first-order chi connectivity index (χ1) is 5.52. The first-order valence-electron chi connectivity index (χ1n) is 3.06. The lowest BCUT2D eigenvalue weighted by Crippen LogP contribution is -1.93. The van der Waals surface area contributed by atoms with Crippen LogP contribution in [0, 0.1) is 0 Å². The van der Waals surface area contributed by atoms with Crippen LogP contribution < -0.4 is 0 Å². The molecule has 0 saturated carbocycles. The molecular formula is C7H5BrO4.